The van der Waals surface area contributed by atoms with Gasteiger partial charge in [0, 0.05) is 29.3 Å². The van der Waals surface area contributed by atoms with Gasteiger partial charge in [0.25, 0.3) is 5.91 Å². The molecular weight excluding hydrogens is 356 g/mol. The van der Waals surface area contributed by atoms with E-state index in [1.54, 1.807) is 43.7 Å². The molecule has 0 spiro atoms. The van der Waals surface area contributed by atoms with E-state index in [4.69, 9.17) is 4.74 Å². The van der Waals surface area contributed by atoms with Crippen LogP contribution in [0.1, 0.15) is 35.8 Å². The van der Waals surface area contributed by atoms with Gasteiger partial charge in [-0.3, -0.25) is 10.1 Å². The second-order valence-corrected chi connectivity index (χ2v) is 6.18. The van der Waals surface area contributed by atoms with Crippen molar-refractivity contribution in [1.29, 1.82) is 0 Å². The number of nitrogens with one attached hydrogen (secondary N) is 2. The van der Waals surface area contributed by atoms with Gasteiger partial charge in [-0.05, 0) is 55.8 Å². The number of hydrogen-bond donors (Lipinski definition) is 2. The second-order valence-electron chi connectivity index (χ2n) is 6.18. The molecule has 0 fully saturated rings. The van der Waals surface area contributed by atoms with Crippen molar-refractivity contribution in [2.45, 2.75) is 19.9 Å². The lowest BCUT2D eigenvalue weighted by atomic mass is 10.1. The number of carbonyl (C=O) groups excluding carboxylic acids is 2. The van der Waals surface area contributed by atoms with Crippen LogP contribution in [0.25, 0.3) is 5.69 Å². The summed E-state index contributed by atoms with van der Waals surface area (Å²) in [5.74, 6) is -0.186. The van der Waals surface area contributed by atoms with E-state index >= 15 is 0 Å². The van der Waals surface area contributed by atoms with E-state index in [2.05, 4.69) is 15.6 Å². The van der Waals surface area contributed by atoms with E-state index in [1.807, 2.05) is 42.0 Å². The number of amides is 2. The van der Waals surface area contributed by atoms with Crippen LogP contribution in [0.15, 0.2) is 67.3 Å². The Morgan fingerprint density at radius 1 is 1.11 bits per heavy atom. The number of aromatic nitrogens is 2. The lowest BCUT2D eigenvalue weighted by molar-refractivity contribution is 0.0940. The molecule has 0 saturated carbocycles. The van der Waals surface area contributed by atoms with Crippen LogP contribution >= 0.6 is 0 Å². The van der Waals surface area contributed by atoms with Gasteiger partial charge in [0.2, 0.25) is 0 Å². The smallest absolute Gasteiger partial charge is 0.411 e. The SMILES string of the molecule is CCOC(=O)Nc1ccc(C(=O)NC(C)c2ccc(-n3ccnc3)cc2)cc1. The van der Waals surface area contributed by atoms with Crippen molar-refractivity contribution >= 4 is 17.7 Å². The summed E-state index contributed by atoms with van der Waals surface area (Å²) in [5, 5.41) is 5.57. The zero-order chi connectivity index (χ0) is 19.9. The first-order valence-corrected chi connectivity index (χ1v) is 9.00. The fourth-order valence-corrected chi connectivity index (χ4v) is 2.70. The van der Waals surface area contributed by atoms with Crippen LogP contribution < -0.4 is 10.6 Å². The number of anilines is 1. The fourth-order valence-electron chi connectivity index (χ4n) is 2.70. The standard InChI is InChI=1S/C21H22N4O3/c1-3-28-21(27)24-18-8-4-17(5-9-18)20(26)23-15(2)16-6-10-19(11-7-16)25-13-12-22-14-25/h4-15H,3H2,1-2H3,(H,23,26)(H,24,27). The van der Waals surface area contributed by atoms with Gasteiger partial charge in [-0.25, -0.2) is 9.78 Å². The van der Waals surface area contributed by atoms with Gasteiger partial charge in [-0.1, -0.05) is 12.1 Å². The summed E-state index contributed by atoms with van der Waals surface area (Å²) in [6.07, 6.45) is 4.82. The highest BCUT2D eigenvalue weighted by Crippen LogP contribution is 2.17. The molecule has 28 heavy (non-hydrogen) atoms. The molecule has 1 unspecified atom stereocenters. The maximum Gasteiger partial charge on any atom is 0.411 e. The molecule has 7 heteroatoms. The first-order valence-electron chi connectivity index (χ1n) is 9.00. The topological polar surface area (TPSA) is 85.2 Å². The van der Waals surface area contributed by atoms with Gasteiger partial charge in [0.05, 0.1) is 19.0 Å². The number of hydrogen-bond acceptors (Lipinski definition) is 4. The highest BCUT2D eigenvalue weighted by Gasteiger charge is 2.12. The predicted molar refractivity (Wildman–Crippen MR) is 107 cm³/mol. The molecule has 1 heterocycles. The van der Waals surface area contributed by atoms with Gasteiger partial charge >= 0.3 is 6.09 Å². The van der Waals surface area contributed by atoms with E-state index in [0.717, 1.165) is 11.3 Å². The van der Waals surface area contributed by atoms with Crippen molar-refractivity contribution in [1.82, 2.24) is 14.9 Å². The molecule has 0 radical (unpaired) electrons. The minimum absolute atomic E-state index is 0.151. The van der Waals surface area contributed by atoms with Gasteiger partial charge in [0.15, 0.2) is 0 Å². The summed E-state index contributed by atoms with van der Waals surface area (Å²) in [6.45, 7) is 3.97. The first kappa shape index (κ1) is 19.2. The number of benzene rings is 2. The molecule has 0 bridgehead atoms. The maximum absolute atomic E-state index is 12.5. The third-order valence-corrected chi connectivity index (χ3v) is 4.21. The molecule has 3 aromatic rings. The van der Waals surface area contributed by atoms with Crippen LogP contribution in [-0.4, -0.2) is 28.2 Å². The summed E-state index contributed by atoms with van der Waals surface area (Å²) >= 11 is 0. The Labute approximate surface area is 163 Å². The molecule has 2 N–H and O–H groups in total. The third kappa shape index (κ3) is 4.76. The normalized spacial score (nSPS) is 11.5. The van der Waals surface area contributed by atoms with Crippen molar-refractivity contribution in [3.05, 3.63) is 78.4 Å². The quantitative estimate of drug-likeness (QED) is 0.680. The Hall–Kier alpha value is -3.61. The average Bonchev–Trinajstić information content (AvgIpc) is 3.23. The molecule has 2 amide bonds. The molecule has 3 rings (SSSR count). The third-order valence-electron chi connectivity index (χ3n) is 4.21. The largest absolute Gasteiger partial charge is 0.450 e. The molecule has 0 saturated heterocycles. The van der Waals surface area contributed by atoms with Crippen molar-refractivity contribution in [2.24, 2.45) is 0 Å². The Morgan fingerprint density at radius 3 is 2.43 bits per heavy atom. The zero-order valence-electron chi connectivity index (χ0n) is 15.8. The number of imidazole rings is 1. The predicted octanol–water partition coefficient (Wildman–Crippen LogP) is 3.93. The summed E-state index contributed by atoms with van der Waals surface area (Å²) in [7, 11) is 0. The average molecular weight is 378 g/mol. The van der Waals surface area contributed by atoms with Crippen LogP contribution in [0.5, 0.6) is 0 Å². The van der Waals surface area contributed by atoms with E-state index < -0.39 is 6.09 Å². The van der Waals surface area contributed by atoms with E-state index in [-0.39, 0.29) is 11.9 Å². The molecule has 144 valence electrons. The van der Waals surface area contributed by atoms with Crippen molar-refractivity contribution in [2.75, 3.05) is 11.9 Å². The minimum Gasteiger partial charge on any atom is -0.450 e. The number of ether oxygens (including phenoxy) is 1. The Bertz CT molecular complexity index is 919. The number of nitrogens with zero attached hydrogens (tertiary/aromatic N) is 2. The first-order chi connectivity index (χ1) is 13.6. The highest BCUT2D eigenvalue weighted by molar-refractivity contribution is 5.95. The van der Waals surface area contributed by atoms with Gasteiger partial charge in [-0.2, -0.15) is 0 Å². The molecule has 1 aromatic heterocycles. The molecular formula is C21H22N4O3. The van der Waals surface area contributed by atoms with Gasteiger partial charge in [0.1, 0.15) is 0 Å². The lowest BCUT2D eigenvalue weighted by Crippen LogP contribution is -2.26. The number of carbonyl (C=O) groups is 2. The van der Waals surface area contributed by atoms with E-state index in [9.17, 15) is 9.59 Å². The van der Waals surface area contributed by atoms with Crippen LogP contribution in [0.3, 0.4) is 0 Å². The maximum atomic E-state index is 12.5. The molecule has 1 atom stereocenters. The van der Waals surface area contributed by atoms with E-state index in [0.29, 0.717) is 17.9 Å². The van der Waals surface area contributed by atoms with Gasteiger partial charge in [-0.15, -0.1) is 0 Å². The van der Waals surface area contributed by atoms with Crippen LogP contribution in [0.2, 0.25) is 0 Å². The minimum atomic E-state index is -0.521. The lowest BCUT2D eigenvalue weighted by Gasteiger charge is -2.15. The molecule has 0 aliphatic heterocycles. The van der Waals surface area contributed by atoms with Crippen LogP contribution in [0, 0.1) is 0 Å². The molecule has 0 aliphatic carbocycles. The van der Waals surface area contributed by atoms with Crippen LogP contribution in [-0.2, 0) is 4.74 Å². The highest BCUT2D eigenvalue weighted by atomic mass is 16.5. The molecule has 2 aromatic carbocycles. The fraction of sp³-hybridized carbons (Fsp3) is 0.190. The monoisotopic (exact) mass is 378 g/mol. The molecule has 7 nitrogen and oxygen atoms in total. The molecule has 0 aliphatic rings. The van der Waals surface area contributed by atoms with Crippen molar-refractivity contribution < 1.29 is 14.3 Å². The summed E-state index contributed by atoms with van der Waals surface area (Å²) in [5.41, 5.74) is 3.08. The van der Waals surface area contributed by atoms with E-state index in [1.165, 1.54) is 0 Å². The second kappa shape index (κ2) is 8.85. The van der Waals surface area contributed by atoms with Crippen molar-refractivity contribution in [3.63, 3.8) is 0 Å². The van der Waals surface area contributed by atoms with Gasteiger partial charge < -0.3 is 14.6 Å². The zero-order valence-corrected chi connectivity index (χ0v) is 15.8. The van der Waals surface area contributed by atoms with Crippen LogP contribution in [0.4, 0.5) is 10.5 Å². The Kier molecular flexibility index (Phi) is 6.06. The summed E-state index contributed by atoms with van der Waals surface area (Å²) in [6, 6.07) is 14.4. The van der Waals surface area contributed by atoms with Crippen molar-refractivity contribution in [3.8, 4) is 5.69 Å². The Balaban J connectivity index is 1.60. The summed E-state index contributed by atoms with van der Waals surface area (Å²) in [4.78, 5) is 27.9. The Morgan fingerprint density at radius 2 is 1.82 bits per heavy atom. The number of rotatable bonds is 6. The summed E-state index contributed by atoms with van der Waals surface area (Å²) < 4.78 is 6.74.